The van der Waals surface area contributed by atoms with Crippen molar-refractivity contribution in [2.24, 2.45) is 7.05 Å². The van der Waals surface area contributed by atoms with Gasteiger partial charge in [-0.15, -0.1) is 10.2 Å². The van der Waals surface area contributed by atoms with E-state index >= 15 is 0 Å². The average molecular weight is 417 g/mol. The van der Waals surface area contributed by atoms with Crippen LogP contribution < -0.4 is 0 Å². The van der Waals surface area contributed by atoms with E-state index in [-0.39, 0.29) is 0 Å². The summed E-state index contributed by atoms with van der Waals surface area (Å²) in [5.41, 5.74) is 2.20. The number of aromatic nitrogens is 4. The summed E-state index contributed by atoms with van der Waals surface area (Å²) < 4.78 is 13.7. The van der Waals surface area contributed by atoms with Crippen LogP contribution in [0.25, 0.3) is 22.9 Å². The molecule has 4 aromatic rings. The molecule has 4 rings (SSSR count). The lowest BCUT2D eigenvalue weighted by Crippen LogP contribution is -1.94. The predicted molar refractivity (Wildman–Crippen MR) is 97.9 cm³/mol. The molecule has 0 bridgehead atoms. The smallest absolute Gasteiger partial charge is 0.283 e. The van der Waals surface area contributed by atoms with Gasteiger partial charge in [-0.3, -0.25) is 0 Å². The fourth-order valence-electron chi connectivity index (χ4n) is 2.37. The maximum absolute atomic E-state index is 5.64. The second-order valence-electron chi connectivity index (χ2n) is 5.24. The molecule has 3 aromatic heterocycles. The number of furan rings is 1. The monoisotopic (exact) mass is 416 g/mol. The lowest BCUT2D eigenvalue weighted by atomic mass is 10.2. The second kappa shape index (κ2) is 6.89. The molecule has 3 heterocycles. The van der Waals surface area contributed by atoms with Gasteiger partial charge in [-0.25, -0.2) is 4.98 Å². The molecule has 0 atom stereocenters. The Labute approximate surface area is 156 Å². The zero-order valence-electron chi connectivity index (χ0n) is 13.2. The molecule has 0 aliphatic carbocycles. The SMILES string of the molecule is Cn1c(-c2ccccc2)cnc1SCc1nnc(-c2ccc(Br)o2)o1. The lowest BCUT2D eigenvalue weighted by molar-refractivity contribution is 0.486. The summed E-state index contributed by atoms with van der Waals surface area (Å²) in [6.45, 7) is 0. The molecular formula is C17H13BrN4O2S. The van der Waals surface area contributed by atoms with E-state index in [1.54, 1.807) is 23.9 Å². The highest BCUT2D eigenvalue weighted by Crippen LogP contribution is 2.28. The minimum atomic E-state index is 0.367. The largest absolute Gasteiger partial charge is 0.444 e. The van der Waals surface area contributed by atoms with Gasteiger partial charge in [0, 0.05) is 7.05 Å². The Morgan fingerprint density at radius 1 is 1.08 bits per heavy atom. The maximum Gasteiger partial charge on any atom is 0.283 e. The van der Waals surface area contributed by atoms with Crippen molar-refractivity contribution in [1.82, 2.24) is 19.7 Å². The lowest BCUT2D eigenvalue weighted by Gasteiger charge is -2.04. The van der Waals surface area contributed by atoms with Gasteiger partial charge in [0.05, 0.1) is 17.6 Å². The summed E-state index contributed by atoms with van der Waals surface area (Å²) in [7, 11) is 2.00. The summed E-state index contributed by atoms with van der Waals surface area (Å²) in [6.07, 6.45) is 1.87. The Bertz CT molecular complexity index is 993. The van der Waals surface area contributed by atoms with Crippen LogP contribution in [0.5, 0.6) is 0 Å². The van der Waals surface area contributed by atoms with Crippen LogP contribution in [0.2, 0.25) is 0 Å². The number of hydrogen-bond acceptors (Lipinski definition) is 6. The van der Waals surface area contributed by atoms with Crippen molar-refractivity contribution in [3.05, 3.63) is 59.2 Å². The van der Waals surface area contributed by atoms with Gasteiger partial charge in [0.2, 0.25) is 5.89 Å². The van der Waals surface area contributed by atoms with E-state index in [0.29, 0.717) is 28.0 Å². The molecule has 0 aliphatic rings. The zero-order valence-corrected chi connectivity index (χ0v) is 15.6. The highest BCUT2D eigenvalue weighted by atomic mass is 79.9. The minimum Gasteiger partial charge on any atom is -0.444 e. The van der Waals surface area contributed by atoms with E-state index < -0.39 is 0 Å². The third-order valence-electron chi connectivity index (χ3n) is 3.59. The van der Waals surface area contributed by atoms with Gasteiger partial charge in [-0.1, -0.05) is 42.1 Å². The van der Waals surface area contributed by atoms with Crippen LogP contribution in [-0.4, -0.2) is 19.7 Å². The van der Waals surface area contributed by atoms with Gasteiger partial charge < -0.3 is 13.4 Å². The van der Waals surface area contributed by atoms with Gasteiger partial charge in [-0.2, -0.15) is 0 Å². The van der Waals surface area contributed by atoms with Crippen LogP contribution in [0.3, 0.4) is 0 Å². The molecule has 0 unspecified atom stereocenters. The third-order valence-corrected chi connectivity index (χ3v) is 5.05. The van der Waals surface area contributed by atoms with E-state index in [4.69, 9.17) is 8.83 Å². The third kappa shape index (κ3) is 3.40. The number of imidazole rings is 1. The van der Waals surface area contributed by atoms with Crippen LogP contribution in [0.4, 0.5) is 0 Å². The van der Waals surface area contributed by atoms with Crippen molar-refractivity contribution < 1.29 is 8.83 Å². The fraction of sp³-hybridized carbons (Fsp3) is 0.118. The molecule has 25 heavy (non-hydrogen) atoms. The van der Waals surface area contributed by atoms with Crippen LogP contribution in [0.1, 0.15) is 5.89 Å². The first-order valence-electron chi connectivity index (χ1n) is 7.49. The van der Waals surface area contributed by atoms with Gasteiger partial charge in [-0.05, 0) is 33.6 Å². The van der Waals surface area contributed by atoms with E-state index in [2.05, 4.69) is 47.8 Å². The zero-order chi connectivity index (χ0) is 17.2. The maximum atomic E-state index is 5.64. The van der Waals surface area contributed by atoms with E-state index in [9.17, 15) is 0 Å². The number of rotatable bonds is 5. The standard InChI is InChI=1S/C17H13BrN4O2S/c1-22-12(11-5-3-2-4-6-11)9-19-17(22)25-10-15-20-21-16(24-15)13-7-8-14(18)23-13/h2-9H,10H2,1H3. The van der Waals surface area contributed by atoms with Crippen molar-refractivity contribution in [3.63, 3.8) is 0 Å². The molecule has 6 nitrogen and oxygen atoms in total. The van der Waals surface area contributed by atoms with Gasteiger partial charge in [0.1, 0.15) is 0 Å². The second-order valence-corrected chi connectivity index (χ2v) is 6.97. The first-order chi connectivity index (χ1) is 12.2. The van der Waals surface area contributed by atoms with E-state index in [0.717, 1.165) is 16.4 Å². The number of halogens is 1. The Balaban J connectivity index is 1.47. The molecule has 0 spiro atoms. The van der Waals surface area contributed by atoms with Crippen molar-refractivity contribution in [1.29, 1.82) is 0 Å². The highest BCUT2D eigenvalue weighted by molar-refractivity contribution is 9.10. The molecule has 0 radical (unpaired) electrons. The van der Waals surface area contributed by atoms with Gasteiger partial charge in [0.15, 0.2) is 15.6 Å². The normalized spacial score (nSPS) is 11.1. The van der Waals surface area contributed by atoms with E-state index in [1.807, 2.05) is 31.4 Å². The van der Waals surface area contributed by atoms with Crippen molar-refractivity contribution in [3.8, 4) is 22.9 Å². The van der Waals surface area contributed by atoms with Crippen LogP contribution in [0, 0.1) is 0 Å². The Hall–Kier alpha value is -2.32. The molecule has 0 saturated carbocycles. The van der Waals surface area contributed by atoms with Crippen LogP contribution >= 0.6 is 27.7 Å². The Morgan fingerprint density at radius 3 is 2.68 bits per heavy atom. The van der Waals surface area contributed by atoms with Gasteiger partial charge >= 0.3 is 0 Å². The molecule has 0 fully saturated rings. The number of nitrogens with zero attached hydrogens (tertiary/aromatic N) is 4. The number of thioether (sulfide) groups is 1. The summed E-state index contributed by atoms with van der Waals surface area (Å²) in [4.78, 5) is 4.49. The van der Waals surface area contributed by atoms with Crippen molar-refractivity contribution in [2.45, 2.75) is 10.9 Å². The topological polar surface area (TPSA) is 69.9 Å². The van der Waals surface area contributed by atoms with E-state index in [1.165, 1.54) is 0 Å². The Kier molecular flexibility index (Phi) is 4.46. The molecule has 0 amide bonds. The summed E-state index contributed by atoms with van der Waals surface area (Å²) in [6, 6.07) is 13.7. The predicted octanol–water partition coefficient (Wildman–Crippen LogP) is 4.78. The number of benzene rings is 1. The molecule has 8 heteroatoms. The highest BCUT2D eigenvalue weighted by Gasteiger charge is 2.14. The number of hydrogen-bond donors (Lipinski definition) is 0. The summed E-state index contributed by atoms with van der Waals surface area (Å²) in [5, 5.41) is 8.97. The van der Waals surface area contributed by atoms with Crippen LogP contribution in [0.15, 0.2) is 67.3 Å². The quantitative estimate of drug-likeness (QED) is 0.435. The van der Waals surface area contributed by atoms with Gasteiger partial charge in [0.25, 0.3) is 5.89 Å². The minimum absolute atomic E-state index is 0.367. The Morgan fingerprint density at radius 2 is 1.92 bits per heavy atom. The summed E-state index contributed by atoms with van der Waals surface area (Å²) >= 11 is 4.80. The first-order valence-corrected chi connectivity index (χ1v) is 9.26. The average Bonchev–Trinajstić information content (AvgIpc) is 3.34. The molecule has 0 saturated heterocycles. The first kappa shape index (κ1) is 16.2. The molecule has 126 valence electrons. The van der Waals surface area contributed by atoms with Crippen molar-refractivity contribution >= 4 is 27.7 Å². The molecule has 0 aliphatic heterocycles. The van der Waals surface area contributed by atoms with Crippen LogP contribution in [-0.2, 0) is 12.8 Å². The molecular weight excluding hydrogens is 404 g/mol. The van der Waals surface area contributed by atoms with Crippen molar-refractivity contribution in [2.75, 3.05) is 0 Å². The summed E-state index contributed by atoms with van der Waals surface area (Å²) in [5.74, 6) is 1.97. The molecule has 1 aromatic carbocycles. The fourth-order valence-corrected chi connectivity index (χ4v) is 3.47. The molecule has 0 N–H and O–H groups in total.